The molecule has 0 fully saturated rings. The van der Waals surface area contributed by atoms with E-state index in [4.69, 9.17) is 22.1 Å². The van der Waals surface area contributed by atoms with Gasteiger partial charge in [0, 0.05) is 16.6 Å². The van der Waals surface area contributed by atoms with Gasteiger partial charge in [0.05, 0.1) is 0 Å². The lowest BCUT2D eigenvalue weighted by Crippen LogP contribution is -2.18. The number of rotatable bonds is 5. The van der Waals surface area contributed by atoms with Crippen LogP contribution in [0.3, 0.4) is 0 Å². The highest BCUT2D eigenvalue weighted by Gasteiger charge is 2.09. The van der Waals surface area contributed by atoms with Gasteiger partial charge in [-0.25, -0.2) is 4.39 Å². The van der Waals surface area contributed by atoms with Gasteiger partial charge in [-0.3, -0.25) is 0 Å². The van der Waals surface area contributed by atoms with Gasteiger partial charge in [-0.1, -0.05) is 23.7 Å². The lowest BCUT2D eigenvalue weighted by Gasteiger charge is -2.14. The molecule has 0 radical (unpaired) electrons. The van der Waals surface area contributed by atoms with Crippen LogP contribution < -0.4 is 10.5 Å². The number of ether oxygens (including phenoxy) is 1. The fourth-order valence-electron chi connectivity index (χ4n) is 2.12. The smallest absolute Gasteiger partial charge is 0.123 e. The molecule has 21 heavy (non-hydrogen) atoms. The van der Waals surface area contributed by atoms with Gasteiger partial charge in [0.15, 0.2) is 0 Å². The van der Waals surface area contributed by atoms with Crippen molar-refractivity contribution in [3.8, 4) is 5.75 Å². The average molecular weight is 308 g/mol. The van der Waals surface area contributed by atoms with Gasteiger partial charge in [-0.2, -0.15) is 0 Å². The molecule has 0 saturated carbocycles. The molecule has 2 rings (SSSR count). The first-order valence-corrected chi connectivity index (χ1v) is 7.25. The molecule has 0 spiro atoms. The highest BCUT2D eigenvalue weighted by atomic mass is 35.5. The minimum atomic E-state index is -0.286. The number of nitrogens with two attached hydrogens (primary N) is 1. The Balaban J connectivity index is 2.15. The zero-order valence-corrected chi connectivity index (χ0v) is 13.0. The molecule has 0 saturated heterocycles. The molecule has 112 valence electrons. The van der Waals surface area contributed by atoms with Crippen molar-refractivity contribution in [2.45, 2.75) is 32.9 Å². The molecular weight excluding hydrogens is 289 g/mol. The van der Waals surface area contributed by atoms with E-state index in [1.54, 1.807) is 6.07 Å². The van der Waals surface area contributed by atoms with Gasteiger partial charge >= 0.3 is 0 Å². The van der Waals surface area contributed by atoms with Crippen LogP contribution in [-0.4, -0.2) is 6.04 Å². The van der Waals surface area contributed by atoms with Crippen molar-refractivity contribution >= 4 is 11.6 Å². The number of halogens is 2. The van der Waals surface area contributed by atoms with Crippen LogP contribution in [0, 0.1) is 12.7 Å². The summed E-state index contributed by atoms with van der Waals surface area (Å²) in [5.74, 6) is 0.358. The predicted octanol–water partition coefficient (Wildman–Crippen LogP) is 4.26. The Labute approximate surface area is 129 Å². The highest BCUT2D eigenvalue weighted by molar-refractivity contribution is 6.31. The summed E-state index contributed by atoms with van der Waals surface area (Å²) >= 11 is 6.19. The standard InChI is InChI=1S/C17H19ClFNO/c1-11-3-4-13(16(18)7-11)10-21-17-6-5-15(19)9-14(17)8-12(2)20/h3-7,9,12H,8,10,20H2,1-2H3. The van der Waals surface area contributed by atoms with Crippen LogP contribution >= 0.6 is 11.6 Å². The van der Waals surface area contributed by atoms with Crippen LogP contribution in [-0.2, 0) is 13.0 Å². The number of hydrogen-bond acceptors (Lipinski definition) is 2. The van der Waals surface area contributed by atoms with E-state index >= 15 is 0 Å². The summed E-state index contributed by atoms with van der Waals surface area (Å²) < 4.78 is 19.1. The highest BCUT2D eigenvalue weighted by Crippen LogP contribution is 2.24. The molecule has 2 aromatic rings. The van der Waals surface area contributed by atoms with Gasteiger partial charge in [0.25, 0.3) is 0 Å². The molecule has 2 aromatic carbocycles. The van der Waals surface area contributed by atoms with Crippen LogP contribution in [0.5, 0.6) is 5.75 Å². The SMILES string of the molecule is Cc1ccc(COc2ccc(F)cc2CC(C)N)c(Cl)c1. The van der Waals surface area contributed by atoms with E-state index in [-0.39, 0.29) is 11.9 Å². The topological polar surface area (TPSA) is 35.2 Å². The number of aryl methyl sites for hydroxylation is 1. The molecule has 4 heteroatoms. The van der Waals surface area contributed by atoms with Crippen LogP contribution in [0.25, 0.3) is 0 Å². The Hall–Kier alpha value is -1.58. The molecule has 1 atom stereocenters. The zero-order chi connectivity index (χ0) is 15.4. The summed E-state index contributed by atoms with van der Waals surface area (Å²) in [7, 11) is 0. The first kappa shape index (κ1) is 15.8. The van der Waals surface area contributed by atoms with E-state index in [2.05, 4.69) is 0 Å². The predicted molar refractivity (Wildman–Crippen MR) is 84.3 cm³/mol. The summed E-state index contributed by atoms with van der Waals surface area (Å²) in [6.45, 7) is 4.21. The number of benzene rings is 2. The Bertz CT molecular complexity index is 628. The lowest BCUT2D eigenvalue weighted by molar-refractivity contribution is 0.302. The first-order valence-electron chi connectivity index (χ1n) is 6.87. The van der Waals surface area contributed by atoms with Gasteiger partial charge in [-0.15, -0.1) is 0 Å². The van der Waals surface area contributed by atoms with Crippen LogP contribution in [0.1, 0.15) is 23.6 Å². The van der Waals surface area contributed by atoms with Crippen molar-refractivity contribution in [2.24, 2.45) is 5.73 Å². The quantitative estimate of drug-likeness (QED) is 0.896. The minimum Gasteiger partial charge on any atom is -0.489 e. The molecule has 0 bridgehead atoms. The summed E-state index contributed by atoms with van der Waals surface area (Å²) in [6.07, 6.45) is 0.564. The van der Waals surface area contributed by atoms with Crippen molar-refractivity contribution in [3.05, 3.63) is 63.9 Å². The zero-order valence-electron chi connectivity index (χ0n) is 12.2. The maximum atomic E-state index is 13.4. The molecule has 1 unspecified atom stereocenters. The third kappa shape index (κ3) is 4.45. The van der Waals surface area contributed by atoms with Gasteiger partial charge < -0.3 is 10.5 Å². The van der Waals surface area contributed by atoms with Crippen LogP contribution in [0.2, 0.25) is 5.02 Å². The van der Waals surface area contributed by atoms with Gasteiger partial charge in [-0.05, 0) is 55.7 Å². The van der Waals surface area contributed by atoms with Crippen molar-refractivity contribution in [3.63, 3.8) is 0 Å². The lowest BCUT2D eigenvalue weighted by atomic mass is 10.1. The summed E-state index contributed by atoms with van der Waals surface area (Å²) in [4.78, 5) is 0. The first-order chi connectivity index (χ1) is 9.95. The average Bonchev–Trinajstić information content (AvgIpc) is 2.39. The van der Waals surface area contributed by atoms with Crippen LogP contribution in [0.15, 0.2) is 36.4 Å². The van der Waals surface area contributed by atoms with E-state index in [0.29, 0.717) is 23.8 Å². The monoisotopic (exact) mass is 307 g/mol. The Morgan fingerprint density at radius 1 is 1.19 bits per heavy atom. The second-order valence-electron chi connectivity index (χ2n) is 5.32. The van der Waals surface area contributed by atoms with E-state index < -0.39 is 0 Å². The van der Waals surface area contributed by atoms with Crippen molar-refractivity contribution < 1.29 is 9.13 Å². The molecule has 2 nitrogen and oxygen atoms in total. The Kier molecular flexibility index (Phi) is 5.21. The summed E-state index contributed by atoms with van der Waals surface area (Å²) in [5.41, 5.74) is 8.57. The molecule has 0 aliphatic carbocycles. The molecule has 0 aliphatic rings. The minimum absolute atomic E-state index is 0.0582. The third-order valence-corrected chi connectivity index (χ3v) is 3.51. The Morgan fingerprint density at radius 2 is 1.95 bits per heavy atom. The van der Waals surface area contributed by atoms with Gasteiger partial charge in [0.2, 0.25) is 0 Å². The van der Waals surface area contributed by atoms with E-state index in [0.717, 1.165) is 16.7 Å². The molecule has 2 N–H and O–H groups in total. The maximum absolute atomic E-state index is 13.4. The second-order valence-corrected chi connectivity index (χ2v) is 5.72. The summed E-state index contributed by atoms with van der Waals surface area (Å²) in [6, 6.07) is 10.2. The van der Waals surface area contributed by atoms with E-state index in [1.165, 1.54) is 12.1 Å². The number of hydrogen-bond donors (Lipinski definition) is 1. The second kappa shape index (κ2) is 6.92. The third-order valence-electron chi connectivity index (χ3n) is 3.16. The molecule has 0 amide bonds. The fourth-order valence-corrected chi connectivity index (χ4v) is 2.41. The van der Waals surface area contributed by atoms with Crippen molar-refractivity contribution in [1.29, 1.82) is 0 Å². The molecule has 0 heterocycles. The summed E-state index contributed by atoms with van der Waals surface area (Å²) in [5, 5.41) is 0.672. The largest absolute Gasteiger partial charge is 0.489 e. The molecule has 0 aliphatic heterocycles. The van der Waals surface area contributed by atoms with Crippen LogP contribution in [0.4, 0.5) is 4.39 Å². The van der Waals surface area contributed by atoms with Gasteiger partial charge in [0.1, 0.15) is 18.2 Å². The Morgan fingerprint density at radius 3 is 2.62 bits per heavy atom. The normalized spacial score (nSPS) is 12.2. The fraction of sp³-hybridized carbons (Fsp3) is 0.294. The maximum Gasteiger partial charge on any atom is 0.123 e. The van der Waals surface area contributed by atoms with Crippen molar-refractivity contribution in [2.75, 3.05) is 0 Å². The molecular formula is C17H19ClFNO. The van der Waals surface area contributed by atoms with E-state index in [9.17, 15) is 4.39 Å². The van der Waals surface area contributed by atoms with Crippen molar-refractivity contribution in [1.82, 2.24) is 0 Å². The molecule has 0 aromatic heterocycles. The van der Waals surface area contributed by atoms with E-state index in [1.807, 2.05) is 32.0 Å².